The molecule has 0 saturated heterocycles. The molecule has 148 valence electrons. The molecular formula is C17H15Cl2F2N5O2. The van der Waals surface area contributed by atoms with Gasteiger partial charge in [-0.2, -0.15) is 8.78 Å². The number of rotatable bonds is 5. The lowest BCUT2D eigenvalue weighted by atomic mass is 9.72. The van der Waals surface area contributed by atoms with Gasteiger partial charge in [0, 0.05) is 22.4 Å². The molecule has 1 aromatic carbocycles. The summed E-state index contributed by atoms with van der Waals surface area (Å²) in [5, 5.41) is 4.09. The fourth-order valence-corrected chi connectivity index (χ4v) is 3.52. The van der Waals surface area contributed by atoms with Crippen LogP contribution < -0.4 is 11.2 Å². The van der Waals surface area contributed by atoms with E-state index in [-0.39, 0.29) is 16.5 Å². The maximum Gasteiger partial charge on any atom is 0.317 e. The normalized spacial score (nSPS) is 15.1. The van der Waals surface area contributed by atoms with E-state index in [0.717, 1.165) is 37.2 Å². The molecule has 1 heterocycles. The number of alkyl halides is 2. The molecule has 0 aliphatic heterocycles. The van der Waals surface area contributed by atoms with Gasteiger partial charge in [0.25, 0.3) is 5.91 Å². The number of hydrogen-bond donors (Lipinski definition) is 2. The van der Waals surface area contributed by atoms with E-state index in [2.05, 4.69) is 15.3 Å². The Bertz CT molecular complexity index is 907. The Morgan fingerprint density at radius 1 is 1.21 bits per heavy atom. The molecule has 1 aromatic heterocycles. The van der Waals surface area contributed by atoms with E-state index in [9.17, 15) is 18.4 Å². The summed E-state index contributed by atoms with van der Waals surface area (Å²) in [6, 6.07) is 5.22. The largest absolute Gasteiger partial charge is 0.345 e. The van der Waals surface area contributed by atoms with Crippen LogP contribution in [0.2, 0.25) is 10.0 Å². The zero-order valence-electron chi connectivity index (χ0n) is 14.3. The first-order valence-corrected chi connectivity index (χ1v) is 8.96. The van der Waals surface area contributed by atoms with E-state index in [1.54, 1.807) is 12.1 Å². The topological polar surface area (TPSA) is 101 Å². The number of aromatic nitrogens is 2. The predicted molar refractivity (Wildman–Crippen MR) is 99.0 cm³/mol. The number of nitrogens with two attached hydrogens (primary N) is 1. The molecule has 3 N–H and O–H groups in total. The van der Waals surface area contributed by atoms with Gasteiger partial charge in [0.2, 0.25) is 5.95 Å². The van der Waals surface area contributed by atoms with Gasteiger partial charge in [-0.3, -0.25) is 9.59 Å². The molecule has 1 aliphatic rings. The summed E-state index contributed by atoms with van der Waals surface area (Å²) >= 11 is 12.3. The van der Waals surface area contributed by atoms with Gasteiger partial charge >= 0.3 is 12.3 Å². The lowest BCUT2D eigenvalue weighted by Crippen LogP contribution is -2.45. The zero-order valence-corrected chi connectivity index (χ0v) is 15.8. The Hall–Kier alpha value is -2.36. The van der Waals surface area contributed by atoms with Crippen molar-refractivity contribution in [3.8, 4) is 0 Å². The fraction of sp³-hybridized carbons (Fsp3) is 0.294. The third-order valence-corrected chi connectivity index (χ3v) is 5.09. The van der Waals surface area contributed by atoms with Gasteiger partial charge in [-0.25, -0.2) is 20.8 Å². The van der Waals surface area contributed by atoms with E-state index in [1.165, 1.54) is 0 Å². The maximum absolute atomic E-state index is 12.4. The number of halogens is 4. The summed E-state index contributed by atoms with van der Waals surface area (Å²) in [7, 11) is 0. The first kappa shape index (κ1) is 20.4. The molecule has 0 spiro atoms. The van der Waals surface area contributed by atoms with Gasteiger partial charge in [0.05, 0.1) is 11.1 Å². The van der Waals surface area contributed by atoms with E-state index in [4.69, 9.17) is 29.0 Å². The van der Waals surface area contributed by atoms with E-state index in [1.807, 2.05) is 6.07 Å². The SMILES string of the molecule is NN(C(=O)c1cnc(NC2(c3ccc(Cl)cc3Cl)CCC2)nc1)C(=O)C(F)F. The maximum atomic E-state index is 12.4. The first-order valence-electron chi connectivity index (χ1n) is 8.20. The molecule has 0 radical (unpaired) electrons. The van der Waals surface area contributed by atoms with Gasteiger partial charge in [0.1, 0.15) is 0 Å². The monoisotopic (exact) mass is 429 g/mol. The second-order valence-electron chi connectivity index (χ2n) is 6.29. The van der Waals surface area contributed by atoms with Crippen LogP contribution >= 0.6 is 23.2 Å². The van der Waals surface area contributed by atoms with Gasteiger partial charge in [-0.1, -0.05) is 29.3 Å². The quantitative estimate of drug-likeness (QED) is 0.429. The smallest absolute Gasteiger partial charge is 0.317 e. The highest BCUT2D eigenvalue weighted by Gasteiger charge is 2.41. The van der Waals surface area contributed by atoms with E-state index >= 15 is 0 Å². The average molecular weight is 430 g/mol. The summed E-state index contributed by atoms with van der Waals surface area (Å²) in [4.78, 5) is 31.2. The third kappa shape index (κ3) is 3.91. The second-order valence-corrected chi connectivity index (χ2v) is 7.14. The molecular weight excluding hydrogens is 415 g/mol. The van der Waals surface area contributed by atoms with Gasteiger partial charge in [-0.05, 0) is 37.0 Å². The summed E-state index contributed by atoms with van der Waals surface area (Å²) in [6.07, 6.45) is 1.37. The van der Waals surface area contributed by atoms with Crippen molar-refractivity contribution in [2.45, 2.75) is 31.2 Å². The van der Waals surface area contributed by atoms with Crippen molar-refractivity contribution < 1.29 is 18.4 Å². The molecule has 11 heteroatoms. The number of carbonyl (C=O) groups excluding carboxylic acids is 2. The number of imide groups is 1. The van der Waals surface area contributed by atoms with Crippen molar-refractivity contribution in [3.05, 3.63) is 51.8 Å². The highest BCUT2D eigenvalue weighted by Crippen LogP contribution is 2.46. The molecule has 2 amide bonds. The molecule has 7 nitrogen and oxygen atoms in total. The summed E-state index contributed by atoms with van der Waals surface area (Å²) in [5.41, 5.74) is 0.178. The molecule has 3 rings (SSSR count). The minimum absolute atomic E-state index is 0.155. The first-order chi connectivity index (χ1) is 13.2. The Morgan fingerprint density at radius 2 is 1.86 bits per heavy atom. The summed E-state index contributed by atoms with van der Waals surface area (Å²) in [5.74, 6) is 2.40. The standard InChI is InChI=1S/C17H15Cl2F2N5O2/c18-10-2-3-11(12(19)6-10)17(4-1-5-17)25-16-23-7-9(8-24-16)14(27)26(22)15(28)13(20)21/h2-3,6-8,13H,1,4-5,22H2,(H,23,24,25). The molecule has 0 atom stereocenters. The van der Waals surface area contributed by atoms with Crippen LogP contribution in [0.15, 0.2) is 30.6 Å². The Balaban J connectivity index is 1.78. The Labute approximate surface area is 168 Å². The summed E-state index contributed by atoms with van der Waals surface area (Å²) in [6.45, 7) is 0. The van der Waals surface area contributed by atoms with Crippen LogP contribution in [0, 0.1) is 0 Å². The predicted octanol–water partition coefficient (Wildman–Crippen LogP) is 3.38. The van der Waals surface area contributed by atoms with Gasteiger partial charge in [0.15, 0.2) is 0 Å². The number of hydrogen-bond acceptors (Lipinski definition) is 6. The highest BCUT2D eigenvalue weighted by atomic mass is 35.5. The molecule has 1 fully saturated rings. The third-order valence-electron chi connectivity index (χ3n) is 4.55. The molecule has 1 aliphatic carbocycles. The van der Waals surface area contributed by atoms with E-state index < -0.39 is 23.8 Å². The van der Waals surface area contributed by atoms with Crippen LogP contribution in [-0.2, 0) is 10.3 Å². The van der Waals surface area contributed by atoms with Crippen LogP contribution in [0.1, 0.15) is 35.2 Å². The number of benzene rings is 1. The highest BCUT2D eigenvalue weighted by molar-refractivity contribution is 6.35. The number of carbonyl (C=O) groups is 2. The number of anilines is 1. The van der Waals surface area contributed by atoms with Gasteiger partial charge in [-0.15, -0.1) is 0 Å². The van der Waals surface area contributed by atoms with Gasteiger partial charge < -0.3 is 5.32 Å². The van der Waals surface area contributed by atoms with Crippen LogP contribution in [0.25, 0.3) is 0 Å². The van der Waals surface area contributed by atoms with Crippen LogP contribution in [0.3, 0.4) is 0 Å². The number of nitrogens with one attached hydrogen (secondary N) is 1. The van der Waals surface area contributed by atoms with E-state index in [0.29, 0.717) is 10.0 Å². The van der Waals surface area contributed by atoms with Crippen LogP contribution in [0.4, 0.5) is 14.7 Å². The Kier molecular flexibility index (Phi) is 5.78. The molecule has 1 saturated carbocycles. The summed E-state index contributed by atoms with van der Waals surface area (Å²) < 4.78 is 24.8. The minimum Gasteiger partial charge on any atom is -0.345 e. The molecule has 0 unspecified atom stereocenters. The molecule has 28 heavy (non-hydrogen) atoms. The Morgan fingerprint density at radius 3 is 2.36 bits per heavy atom. The lowest BCUT2D eigenvalue weighted by Gasteiger charge is -2.43. The zero-order chi connectivity index (χ0) is 20.5. The molecule has 2 aromatic rings. The van der Waals surface area contributed by atoms with Crippen molar-refractivity contribution in [1.82, 2.24) is 15.0 Å². The number of amides is 2. The van der Waals surface area contributed by atoms with Crippen molar-refractivity contribution >= 4 is 41.0 Å². The number of hydrazine groups is 1. The van der Waals surface area contributed by atoms with Crippen molar-refractivity contribution in [1.29, 1.82) is 0 Å². The molecule has 0 bridgehead atoms. The van der Waals surface area contributed by atoms with Crippen LogP contribution in [-0.4, -0.2) is 33.2 Å². The van der Waals surface area contributed by atoms with Crippen molar-refractivity contribution in [2.75, 3.05) is 5.32 Å². The minimum atomic E-state index is -3.39. The van der Waals surface area contributed by atoms with Crippen LogP contribution in [0.5, 0.6) is 0 Å². The lowest BCUT2D eigenvalue weighted by molar-refractivity contribution is -0.140. The average Bonchev–Trinajstić information content (AvgIpc) is 2.64. The second kappa shape index (κ2) is 7.94. The van der Waals surface area contributed by atoms with Crippen molar-refractivity contribution in [3.63, 3.8) is 0 Å². The number of nitrogens with zero attached hydrogens (tertiary/aromatic N) is 3. The fourth-order valence-electron chi connectivity index (χ4n) is 2.93. The van der Waals surface area contributed by atoms with Crippen molar-refractivity contribution in [2.24, 2.45) is 5.84 Å².